The minimum Gasteiger partial charge on any atom is -0.386 e. The molecule has 25 heavy (non-hydrogen) atoms. The molecule has 0 aromatic heterocycles. The molecule has 0 aliphatic heterocycles. The van der Waals surface area contributed by atoms with Crippen molar-refractivity contribution in [2.75, 3.05) is 0 Å². The van der Waals surface area contributed by atoms with Crippen LogP contribution in [-0.4, -0.2) is 11.9 Å². The smallest absolute Gasteiger partial charge is 0.342 e. The molecule has 2 saturated carbocycles. The molecule has 0 spiro atoms. The van der Waals surface area contributed by atoms with Gasteiger partial charge in [0, 0.05) is 22.0 Å². The maximum atomic E-state index is 12.8. The number of ether oxygens (including phenoxy) is 1. The third kappa shape index (κ3) is 1.82. The van der Waals surface area contributed by atoms with Crippen molar-refractivity contribution in [1.29, 1.82) is 0 Å². The SMILES string of the molecule is CC12CCC(C=C1C(=O)OC(=O)C1=CC3CCC1(C)C3(C)C)C2(C)C. The van der Waals surface area contributed by atoms with Crippen molar-refractivity contribution < 1.29 is 14.3 Å². The number of carbonyl (C=O) groups is 2. The summed E-state index contributed by atoms with van der Waals surface area (Å²) in [6, 6.07) is 0. The number of esters is 2. The first-order valence-electron chi connectivity index (χ1n) is 9.66. The van der Waals surface area contributed by atoms with Crippen LogP contribution < -0.4 is 0 Å². The lowest BCUT2D eigenvalue weighted by Gasteiger charge is -2.37. The highest BCUT2D eigenvalue weighted by Crippen LogP contribution is 2.66. The third-order valence-corrected chi connectivity index (χ3v) is 9.16. The Balaban J connectivity index is 1.55. The van der Waals surface area contributed by atoms with Gasteiger partial charge in [-0.2, -0.15) is 0 Å². The molecule has 0 heterocycles. The first-order chi connectivity index (χ1) is 11.4. The van der Waals surface area contributed by atoms with Gasteiger partial charge in [0.1, 0.15) is 0 Å². The lowest BCUT2D eigenvalue weighted by Crippen LogP contribution is -2.36. The van der Waals surface area contributed by atoms with Crippen LogP contribution in [0.25, 0.3) is 0 Å². The Morgan fingerprint density at radius 2 is 1.16 bits per heavy atom. The second-order valence-electron chi connectivity index (χ2n) is 10.2. The van der Waals surface area contributed by atoms with Gasteiger partial charge >= 0.3 is 11.9 Å². The highest BCUT2D eigenvalue weighted by molar-refractivity contribution is 6.04. The van der Waals surface area contributed by atoms with Gasteiger partial charge in [-0.05, 0) is 48.3 Å². The molecule has 136 valence electrons. The molecule has 4 rings (SSSR count). The minimum absolute atomic E-state index is 0.0596. The summed E-state index contributed by atoms with van der Waals surface area (Å²) in [7, 11) is 0. The zero-order chi connectivity index (χ0) is 18.4. The van der Waals surface area contributed by atoms with Crippen molar-refractivity contribution in [3.05, 3.63) is 23.3 Å². The summed E-state index contributed by atoms with van der Waals surface area (Å²) in [6.45, 7) is 13.2. The van der Waals surface area contributed by atoms with Crippen LogP contribution in [0.2, 0.25) is 0 Å². The van der Waals surface area contributed by atoms with E-state index < -0.39 is 11.9 Å². The first-order valence-corrected chi connectivity index (χ1v) is 9.66. The van der Waals surface area contributed by atoms with Crippen molar-refractivity contribution in [2.24, 2.45) is 33.5 Å². The van der Waals surface area contributed by atoms with Gasteiger partial charge in [0.15, 0.2) is 0 Å². The standard InChI is InChI=1S/C22H30O3/c1-19(2)13-7-9-21(19,5)15(11-13)17(23)25-18(24)16-12-14-8-10-22(16,6)20(14,3)4/h11-14H,7-10H2,1-6H3. The molecule has 0 aromatic carbocycles. The summed E-state index contributed by atoms with van der Waals surface area (Å²) in [5.74, 6) is -0.0256. The fourth-order valence-corrected chi connectivity index (χ4v) is 6.17. The molecular weight excluding hydrogens is 312 g/mol. The first kappa shape index (κ1) is 17.1. The molecule has 3 nitrogen and oxygen atoms in total. The van der Waals surface area contributed by atoms with Gasteiger partial charge in [0.25, 0.3) is 0 Å². The molecule has 4 unspecified atom stereocenters. The van der Waals surface area contributed by atoms with Gasteiger partial charge in [-0.25, -0.2) is 9.59 Å². The maximum absolute atomic E-state index is 12.8. The summed E-state index contributed by atoms with van der Waals surface area (Å²) in [5, 5.41) is 0. The molecule has 0 radical (unpaired) electrons. The van der Waals surface area contributed by atoms with E-state index in [-0.39, 0.29) is 21.7 Å². The van der Waals surface area contributed by atoms with E-state index in [2.05, 4.69) is 53.7 Å². The van der Waals surface area contributed by atoms with Gasteiger partial charge < -0.3 is 4.74 Å². The van der Waals surface area contributed by atoms with Crippen molar-refractivity contribution in [2.45, 2.75) is 67.2 Å². The van der Waals surface area contributed by atoms with Crippen LogP contribution in [0.3, 0.4) is 0 Å². The Labute approximate surface area is 150 Å². The number of rotatable bonds is 2. The number of fused-ring (bicyclic) bond motifs is 4. The minimum atomic E-state index is -0.423. The molecule has 4 bridgehead atoms. The Hall–Kier alpha value is -1.38. The lowest BCUT2D eigenvalue weighted by atomic mass is 9.67. The summed E-state index contributed by atoms with van der Waals surface area (Å²) < 4.78 is 5.43. The number of hydrogen-bond acceptors (Lipinski definition) is 3. The zero-order valence-electron chi connectivity index (χ0n) is 16.4. The third-order valence-electron chi connectivity index (χ3n) is 9.16. The molecule has 3 heteroatoms. The van der Waals surface area contributed by atoms with E-state index in [0.29, 0.717) is 11.8 Å². The molecule has 0 N–H and O–H groups in total. The van der Waals surface area contributed by atoms with Gasteiger partial charge in [-0.15, -0.1) is 0 Å². The van der Waals surface area contributed by atoms with Gasteiger partial charge in [-0.3, -0.25) is 0 Å². The van der Waals surface area contributed by atoms with Crippen LogP contribution in [0.5, 0.6) is 0 Å². The van der Waals surface area contributed by atoms with Crippen molar-refractivity contribution in [1.82, 2.24) is 0 Å². The summed E-state index contributed by atoms with van der Waals surface area (Å²) in [5.41, 5.74) is 1.20. The van der Waals surface area contributed by atoms with E-state index in [9.17, 15) is 9.59 Å². The van der Waals surface area contributed by atoms with Crippen molar-refractivity contribution in [3.63, 3.8) is 0 Å². The van der Waals surface area contributed by atoms with Crippen LogP contribution in [-0.2, 0) is 14.3 Å². The van der Waals surface area contributed by atoms with Crippen LogP contribution >= 0.6 is 0 Å². The predicted octanol–water partition coefficient (Wildman–Crippen LogP) is 4.82. The molecule has 0 amide bonds. The van der Waals surface area contributed by atoms with Gasteiger partial charge in [0.2, 0.25) is 0 Å². The molecule has 0 saturated heterocycles. The van der Waals surface area contributed by atoms with Crippen molar-refractivity contribution >= 4 is 11.9 Å². The van der Waals surface area contributed by atoms with Crippen LogP contribution in [0.1, 0.15) is 67.2 Å². The van der Waals surface area contributed by atoms with Crippen LogP contribution in [0.4, 0.5) is 0 Å². The zero-order valence-corrected chi connectivity index (χ0v) is 16.4. The summed E-state index contributed by atoms with van der Waals surface area (Å²) in [6.07, 6.45) is 8.37. The van der Waals surface area contributed by atoms with Crippen LogP contribution in [0, 0.1) is 33.5 Å². The van der Waals surface area contributed by atoms with E-state index in [1.54, 1.807) is 0 Å². The highest BCUT2D eigenvalue weighted by atomic mass is 16.6. The fraction of sp³-hybridized carbons (Fsp3) is 0.727. The summed E-state index contributed by atoms with van der Waals surface area (Å²) >= 11 is 0. The van der Waals surface area contributed by atoms with Crippen LogP contribution in [0.15, 0.2) is 23.3 Å². The van der Waals surface area contributed by atoms with E-state index >= 15 is 0 Å². The largest absolute Gasteiger partial charge is 0.386 e. The van der Waals surface area contributed by atoms with Gasteiger partial charge in [-0.1, -0.05) is 53.7 Å². The average Bonchev–Trinajstić information content (AvgIpc) is 3.04. The molecule has 4 atom stereocenters. The Morgan fingerprint density at radius 1 is 0.800 bits per heavy atom. The normalized spacial score (nSPS) is 42.3. The maximum Gasteiger partial charge on any atom is 0.342 e. The van der Waals surface area contributed by atoms with E-state index in [0.717, 1.165) is 36.8 Å². The molecular formula is C22H30O3. The second-order valence-corrected chi connectivity index (χ2v) is 10.2. The van der Waals surface area contributed by atoms with Gasteiger partial charge in [0.05, 0.1) is 0 Å². The number of hydrogen-bond donors (Lipinski definition) is 0. The number of allylic oxidation sites excluding steroid dienone is 2. The highest BCUT2D eigenvalue weighted by Gasteiger charge is 2.61. The number of carbonyl (C=O) groups excluding carboxylic acids is 2. The summed E-state index contributed by atoms with van der Waals surface area (Å²) in [4.78, 5) is 25.7. The molecule has 0 aromatic rings. The Morgan fingerprint density at radius 3 is 1.40 bits per heavy atom. The van der Waals surface area contributed by atoms with E-state index in [4.69, 9.17) is 4.74 Å². The topological polar surface area (TPSA) is 43.4 Å². The Kier molecular flexibility index (Phi) is 3.18. The van der Waals surface area contributed by atoms with E-state index in [1.807, 2.05) is 0 Å². The molecule has 4 aliphatic rings. The average molecular weight is 342 g/mol. The Bertz CT molecular complexity index is 676. The lowest BCUT2D eigenvalue weighted by molar-refractivity contribution is -0.156. The molecule has 4 aliphatic carbocycles. The molecule has 2 fully saturated rings. The van der Waals surface area contributed by atoms with Crippen molar-refractivity contribution in [3.8, 4) is 0 Å². The van der Waals surface area contributed by atoms with E-state index in [1.165, 1.54) is 0 Å². The monoisotopic (exact) mass is 342 g/mol. The second kappa shape index (κ2) is 4.66. The predicted molar refractivity (Wildman–Crippen MR) is 96.5 cm³/mol. The quantitative estimate of drug-likeness (QED) is 0.534. The fourth-order valence-electron chi connectivity index (χ4n) is 6.17.